The summed E-state index contributed by atoms with van der Waals surface area (Å²) >= 11 is 1.52. The number of hydrogen-bond acceptors (Lipinski definition) is 6. The minimum Gasteiger partial charge on any atom is -0.425 e. The summed E-state index contributed by atoms with van der Waals surface area (Å²) in [5.74, 6) is -0.692. The third kappa shape index (κ3) is 4.52. The number of carbonyl (C=O) groups is 3. The highest BCUT2D eigenvalue weighted by Gasteiger charge is 2.43. The summed E-state index contributed by atoms with van der Waals surface area (Å²) in [7, 11) is 0. The van der Waals surface area contributed by atoms with E-state index in [1.807, 2.05) is 30.5 Å². The number of benzene rings is 3. The Morgan fingerprint density at radius 2 is 1.48 bits per heavy atom. The molecule has 1 aliphatic rings. The first-order chi connectivity index (χ1) is 16.0. The molecule has 0 radical (unpaired) electrons. The van der Waals surface area contributed by atoms with E-state index in [9.17, 15) is 14.4 Å². The van der Waals surface area contributed by atoms with Crippen LogP contribution in [-0.4, -0.2) is 40.7 Å². The minimum atomic E-state index is -1.01. The highest BCUT2D eigenvalue weighted by molar-refractivity contribution is 7.98. The predicted octanol–water partition coefficient (Wildman–Crippen LogP) is 4.55. The lowest BCUT2D eigenvalue weighted by molar-refractivity contribution is -0.138. The van der Waals surface area contributed by atoms with E-state index < -0.39 is 23.8 Å². The number of hydrogen-bond donors (Lipinski definition) is 0. The average molecular weight is 457 g/mol. The molecule has 0 aliphatic carbocycles. The third-order valence-electron chi connectivity index (χ3n) is 5.42. The van der Waals surface area contributed by atoms with Crippen molar-refractivity contribution in [3.05, 3.63) is 89.5 Å². The van der Waals surface area contributed by atoms with Crippen LogP contribution < -0.4 is 4.74 Å². The van der Waals surface area contributed by atoms with Crippen molar-refractivity contribution in [2.45, 2.75) is 12.5 Å². The van der Waals surface area contributed by atoms with Crippen LogP contribution in [-0.2, 0) is 4.79 Å². The number of thioether (sulfide) groups is 1. The maximum Gasteiger partial charge on any atom is 0.334 e. The van der Waals surface area contributed by atoms with Crippen molar-refractivity contribution in [1.82, 2.24) is 4.90 Å². The topological polar surface area (TPSA) is 87.5 Å². The molecule has 0 N–H and O–H groups in total. The van der Waals surface area contributed by atoms with Crippen molar-refractivity contribution in [3.63, 3.8) is 0 Å². The zero-order valence-corrected chi connectivity index (χ0v) is 18.7. The molecule has 1 unspecified atom stereocenters. The number of ether oxygens (including phenoxy) is 1. The third-order valence-corrected chi connectivity index (χ3v) is 6.07. The molecule has 0 saturated carbocycles. The summed E-state index contributed by atoms with van der Waals surface area (Å²) < 4.78 is 5.57. The molecular weight excluding hydrogens is 436 g/mol. The highest BCUT2D eigenvalue weighted by Crippen LogP contribution is 2.28. The molecule has 33 heavy (non-hydrogen) atoms. The molecule has 0 aromatic heterocycles. The van der Waals surface area contributed by atoms with Crippen LogP contribution in [0.5, 0.6) is 5.75 Å². The quantitative estimate of drug-likeness (QED) is 0.295. The van der Waals surface area contributed by atoms with E-state index >= 15 is 0 Å². The fourth-order valence-electron chi connectivity index (χ4n) is 3.71. The standard InChI is InChI=1S/C26H20N2O4S/c1-33-15-14-23(28-24(29)21-4-2-3-5-22(21)25(28)30)26(31)32-20-12-10-19(11-13-20)18-8-6-17(16-27)7-9-18/h2-13,23H,14-15H2,1H3. The smallest absolute Gasteiger partial charge is 0.334 e. The molecule has 6 nitrogen and oxygen atoms in total. The Morgan fingerprint density at radius 3 is 2.00 bits per heavy atom. The Hall–Kier alpha value is -3.89. The molecule has 0 bridgehead atoms. The Bertz CT molecular complexity index is 1210. The molecule has 3 aromatic carbocycles. The number of rotatable bonds is 7. The predicted molar refractivity (Wildman–Crippen MR) is 126 cm³/mol. The van der Waals surface area contributed by atoms with Crippen LogP contribution in [0, 0.1) is 11.3 Å². The number of fused-ring (bicyclic) bond motifs is 1. The van der Waals surface area contributed by atoms with Gasteiger partial charge in [0, 0.05) is 0 Å². The van der Waals surface area contributed by atoms with Crippen LogP contribution in [0.25, 0.3) is 11.1 Å². The normalized spacial score (nSPS) is 13.4. The van der Waals surface area contributed by atoms with Gasteiger partial charge in [-0.1, -0.05) is 36.4 Å². The van der Waals surface area contributed by atoms with Crippen LogP contribution >= 0.6 is 11.8 Å². The monoisotopic (exact) mass is 456 g/mol. The zero-order chi connectivity index (χ0) is 23.4. The first-order valence-electron chi connectivity index (χ1n) is 10.3. The van der Waals surface area contributed by atoms with E-state index in [2.05, 4.69) is 6.07 Å². The van der Waals surface area contributed by atoms with Gasteiger partial charge in [-0.2, -0.15) is 17.0 Å². The van der Waals surface area contributed by atoms with Crippen molar-refractivity contribution in [2.24, 2.45) is 0 Å². The number of carbonyl (C=O) groups excluding carboxylic acids is 3. The first kappa shape index (κ1) is 22.3. The Labute approximate surface area is 195 Å². The van der Waals surface area contributed by atoms with Gasteiger partial charge in [0.1, 0.15) is 11.8 Å². The molecule has 1 atom stereocenters. The number of nitriles is 1. The largest absolute Gasteiger partial charge is 0.425 e. The maximum absolute atomic E-state index is 13.1. The van der Waals surface area contributed by atoms with Crippen molar-refractivity contribution in [3.8, 4) is 22.9 Å². The van der Waals surface area contributed by atoms with E-state index in [1.165, 1.54) is 11.8 Å². The van der Waals surface area contributed by atoms with Gasteiger partial charge in [0.2, 0.25) is 0 Å². The average Bonchev–Trinajstić information content (AvgIpc) is 3.10. The second-order valence-electron chi connectivity index (χ2n) is 7.46. The van der Waals surface area contributed by atoms with Gasteiger partial charge in [0.25, 0.3) is 11.8 Å². The van der Waals surface area contributed by atoms with Gasteiger partial charge in [-0.05, 0) is 66.0 Å². The molecular formula is C26H20N2O4S. The Balaban J connectivity index is 1.53. The molecule has 0 saturated heterocycles. The molecule has 164 valence electrons. The second-order valence-corrected chi connectivity index (χ2v) is 8.44. The summed E-state index contributed by atoms with van der Waals surface area (Å²) in [6.07, 6.45) is 2.20. The highest BCUT2D eigenvalue weighted by atomic mass is 32.2. The summed E-state index contributed by atoms with van der Waals surface area (Å²) in [6.45, 7) is 0. The van der Waals surface area contributed by atoms with Crippen molar-refractivity contribution < 1.29 is 19.1 Å². The number of nitrogens with zero attached hydrogens (tertiary/aromatic N) is 2. The molecule has 0 fully saturated rings. The lowest BCUT2D eigenvalue weighted by Gasteiger charge is -2.24. The van der Waals surface area contributed by atoms with E-state index in [0.29, 0.717) is 34.6 Å². The van der Waals surface area contributed by atoms with Gasteiger partial charge in [-0.25, -0.2) is 4.79 Å². The molecule has 1 heterocycles. The van der Waals surface area contributed by atoms with Crippen LogP contribution in [0.15, 0.2) is 72.8 Å². The molecule has 2 amide bonds. The molecule has 4 rings (SSSR count). The summed E-state index contributed by atoms with van der Waals surface area (Å²) in [5.41, 5.74) is 3.01. The molecule has 1 aliphatic heterocycles. The number of amides is 2. The van der Waals surface area contributed by atoms with Gasteiger partial charge in [0.05, 0.1) is 22.8 Å². The lowest BCUT2D eigenvalue weighted by Crippen LogP contribution is -2.47. The fourth-order valence-corrected chi connectivity index (χ4v) is 4.17. The van der Waals surface area contributed by atoms with Gasteiger partial charge in [-0.15, -0.1) is 0 Å². The molecule has 3 aromatic rings. The van der Waals surface area contributed by atoms with Gasteiger partial charge in [0.15, 0.2) is 0 Å². The summed E-state index contributed by atoms with van der Waals surface area (Å²) in [5, 5.41) is 8.94. The fraction of sp³-hybridized carbons (Fsp3) is 0.154. The summed E-state index contributed by atoms with van der Waals surface area (Å²) in [4.78, 5) is 39.9. The van der Waals surface area contributed by atoms with Gasteiger partial charge in [-0.3, -0.25) is 14.5 Å². The van der Waals surface area contributed by atoms with E-state index in [4.69, 9.17) is 10.00 Å². The summed E-state index contributed by atoms with van der Waals surface area (Å²) in [6, 6.07) is 21.8. The first-order valence-corrected chi connectivity index (χ1v) is 11.7. The van der Waals surface area contributed by atoms with Crippen LogP contribution in [0.2, 0.25) is 0 Å². The van der Waals surface area contributed by atoms with Gasteiger partial charge >= 0.3 is 5.97 Å². The van der Waals surface area contributed by atoms with Gasteiger partial charge < -0.3 is 4.74 Å². The Morgan fingerprint density at radius 1 is 0.939 bits per heavy atom. The number of esters is 1. The van der Waals surface area contributed by atoms with Crippen LogP contribution in [0.4, 0.5) is 0 Å². The van der Waals surface area contributed by atoms with E-state index in [0.717, 1.165) is 16.0 Å². The van der Waals surface area contributed by atoms with Crippen molar-refractivity contribution >= 4 is 29.5 Å². The van der Waals surface area contributed by atoms with Crippen molar-refractivity contribution in [1.29, 1.82) is 5.26 Å². The minimum absolute atomic E-state index is 0.300. The molecule has 0 spiro atoms. The second kappa shape index (κ2) is 9.72. The SMILES string of the molecule is CSCCC(C(=O)Oc1ccc(-c2ccc(C#N)cc2)cc1)N1C(=O)c2ccccc2C1=O. The van der Waals surface area contributed by atoms with E-state index in [1.54, 1.807) is 48.5 Å². The lowest BCUT2D eigenvalue weighted by atomic mass is 10.0. The zero-order valence-electron chi connectivity index (χ0n) is 17.9. The molecule has 7 heteroatoms. The van der Waals surface area contributed by atoms with Crippen molar-refractivity contribution in [2.75, 3.05) is 12.0 Å². The Kier molecular flexibility index (Phi) is 6.57. The van der Waals surface area contributed by atoms with E-state index in [-0.39, 0.29) is 0 Å². The van der Waals surface area contributed by atoms with Crippen LogP contribution in [0.3, 0.4) is 0 Å². The van der Waals surface area contributed by atoms with Crippen LogP contribution in [0.1, 0.15) is 32.7 Å². The maximum atomic E-state index is 13.1. The number of imide groups is 1.